The zero-order valence-corrected chi connectivity index (χ0v) is 17.1. The number of rotatable bonds is 2. The summed E-state index contributed by atoms with van der Waals surface area (Å²) in [6.07, 6.45) is 0. The largest absolute Gasteiger partial charge is 0.386 e. The maximum atomic E-state index is 6.60. The maximum Gasteiger partial charge on any atom is 0.244 e. The molecule has 0 N–H and O–H groups in total. The van der Waals surface area contributed by atoms with Gasteiger partial charge in [0.1, 0.15) is 9.98 Å². The third kappa shape index (κ3) is 2.80. The number of halogens is 2. The molecule has 2 nitrogen and oxygen atoms in total. The molecule has 1 aliphatic heterocycles. The van der Waals surface area contributed by atoms with Gasteiger partial charge in [0.2, 0.25) is 23.5 Å². The van der Waals surface area contributed by atoms with E-state index in [1.165, 1.54) is 0 Å². The Morgan fingerprint density at radius 2 is 1.12 bits per heavy atom. The molecule has 1 heterocycles. The minimum Gasteiger partial charge on any atom is -0.386 e. The summed E-state index contributed by atoms with van der Waals surface area (Å²) in [5.41, 5.74) is 0. The lowest BCUT2D eigenvalue weighted by Gasteiger charge is -2.45. The van der Waals surface area contributed by atoms with Gasteiger partial charge in [0.05, 0.1) is 0 Å². The van der Waals surface area contributed by atoms with Crippen LogP contribution in [0.25, 0.3) is 0 Å². The lowest BCUT2D eigenvalue weighted by atomic mass is 10.7. The predicted molar refractivity (Wildman–Crippen MR) is 93.0 cm³/mol. The zero-order valence-electron chi connectivity index (χ0n) is 11.0. The molecule has 0 spiro atoms. The molecule has 1 fully saturated rings. The van der Waals surface area contributed by atoms with Gasteiger partial charge in [-0.3, -0.25) is 0 Å². The van der Waals surface area contributed by atoms with Crippen LogP contribution in [0.2, 0.25) is 39.3 Å². The van der Waals surface area contributed by atoms with Gasteiger partial charge in [-0.1, -0.05) is 24.4 Å². The van der Waals surface area contributed by atoms with E-state index in [2.05, 4.69) is 47.7 Å². The van der Waals surface area contributed by atoms with Crippen molar-refractivity contribution in [2.24, 2.45) is 0 Å². The Labute approximate surface area is 127 Å². The van der Waals surface area contributed by atoms with E-state index in [4.69, 9.17) is 46.6 Å². The quantitative estimate of drug-likeness (QED) is 0.419. The average molecular weight is 362 g/mol. The van der Waals surface area contributed by atoms with Crippen LogP contribution in [-0.4, -0.2) is 41.9 Å². The topological polar surface area (TPSA) is 6.48 Å². The van der Waals surface area contributed by atoms with E-state index in [1.54, 1.807) is 0 Å². The molecule has 98 valence electrons. The van der Waals surface area contributed by atoms with Gasteiger partial charge in [0.15, 0.2) is 0 Å². The molecule has 0 saturated carbocycles. The van der Waals surface area contributed by atoms with Crippen molar-refractivity contribution in [3.05, 3.63) is 0 Å². The average Bonchev–Trinajstić information content (AvgIpc) is 2.13. The summed E-state index contributed by atoms with van der Waals surface area (Å²) >= 11 is 24.2. The van der Waals surface area contributed by atoms with Crippen LogP contribution < -0.4 is 0 Å². The summed E-state index contributed by atoms with van der Waals surface area (Å²) in [6.45, 7) is 12.8. The summed E-state index contributed by atoms with van der Waals surface area (Å²) in [7, 11) is -6.00. The fraction of sp³-hybridized carbons (Fsp3) is 0.750. The summed E-state index contributed by atoms with van der Waals surface area (Å²) in [5, 5.41) is 0. The van der Waals surface area contributed by atoms with E-state index in [0.29, 0.717) is 0 Å². The molecular formula is C8H18Cl2N2S2Si3. The van der Waals surface area contributed by atoms with E-state index in [1.807, 2.05) is 0 Å². The molecule has 0 radical (unpaired) electrons. The molecule has 1 rings (SSSR count). The lowest BCUT2D eigenvalue weighted by molar-refractivity contribution is 0.846. The Morgan fingerprint density at radius 1 is 0.882 bits per heavy atom. The molecule has 0 aromatic carbocycles. The molecule has 17 heavy (non-hydrogen) atoms. The molecule has 0 aromatic heterocycles. The van der Waals surface area contributed by atoms with Crippen molar-refractivity contribution in [2.75, 3.05) is 0 Å². The minimum absolute atomic E-state index is 0.740. The van der Waals surface area contributed by atoms with Crippen LogP contribution in [0.15, 0.2) is 0 Å². The standard InChI is InChI=1S/C8H18Cl2N2S2Si3/c1-15(2,9)11-7(13)8(14)12(16(3,4)10)17(11,5)6/h1-6H3. The van der Waals surface area contributed by atoms with Crippen LogP contribution in [0, 0.1) is 0 Å². The highest BCUT2D eigenvalue weighted by atomic mass is 35.6. The first-order valence-corrected chi connectivity index (χ1v) is 17.0. The molecule has 0 bridgehead atoms. The van der Waals surface area contributed by atoms with Crippen molar-refractivity contribution in [3.63, 3.8) is 0 Å². The minimum atomic E-state index is -2.02. The number of hydrogen-bond donors (Lipinski definition) is 0. The molecule has 1 saturated heterocycles. The Morgan fingerprint density at radius 3 is 1.24 bits per heavy atom. The Hall–Kier alpha value is 1.01. The summed E-state index contributed by atoms with van der Waals surface area (Å²) < 4.78 is 4.49. The van der Waals surface area contributed by atoms with Crippen molar-refractivity contribution < 1.29 is 0 Å². The Balaban J connectivity index is 3.34. The van der Waals surface area contributed by atoms with E-state index >= 15 is 0 Å². The molecule has 1 aliphatic rings. The van der Waals surface area contributed by atoms with Crippen molar-refractivity contribution in [2.45, 2.75) is 39.3 Å². The molecule has 0 aromatic rings. The van der Waals surface area contributed by atoms with E-state index < -0.39 is 23.5 Å². The van der Waals surface area contributed by atoms with Crippen LogP contribution in [-0.2, 0) is 0 Å². The maximum absolute atomic E-state index is 6.60. The van der Waals surface area contributed by atoms with Crippen LogP contribution >= 0.6 is 46.6 Å². The van der Waals surface area contributed by atoms with E-state index in [0.717, 1.165) is 9.98 Å². The van der Waals surface area contributed by atoms with Crippen LogP contribution in [0.1, 0.15) is 0 Å². The SMILES string of the molecule is C[Si](C)(Cl)N1C(=S)C(=S)N([Si](C)(C)Cl)[Si]1(C)C. The first kappa shape index (κ1) is 16.1. The van der Waals surface area contributed by atoms with Crippen LogP contribution in [0.4, 0.5) is 0 Å². The second-order valence-electron chi connectivity index (χ2n) is 5.59. The molecule has 0 unspecified atom stereocenters. The van der Waals surface area contributed by atoms with Gasteiger partial charge in [-0.25, -0.2) is 0 Å². The van der Waals surface area contributed by atoms with Crippen LogP contribution in [0.5, 0.6) is 0 Å². The Bertz CT molecular complexity index is 342. The lowest BCUT2D eigenvalue weighted by Crippen LogP contribution is -2.66. The van der Waals surface area contributed by atoms with Crippen molar-refractivity contribution >= 4 is 80.1 Å². The van der Waals surface area contributed by atoms with Crippen molar-refractivity contribution in [1.29, 1.82) is 0 Å². The smallest absolute Gasteiger partial charge is 0.244 e. The highest BCUT2D eigenvalue weighted by Gasteiger charge is 2.57. The van der Waals surface area contributed by atoms with Gasteiger partial charge in [0, 0.05) is 0 Å². The summed E-state index contributed by atoms with van der Waals surface area (Å²) in [4.78, 5) is 1.48. The fourth-order valence-electron chi connectivity index (χ4n) is 2.57. The number of nitrogens with zero attached hydrogens (tertiary/aromatic N) is 2. The first-order valence-electron chi connectivity index (χ1n) is 5.38. The molecule has 0 atom stereocenters. The third-order valence-electron chi connectivity index (χ3n) is 2.75. The molecule has 0 amide bonds. The van der Waals surface area contributed by atoms with Gasteiger partial charge in [0.25, 0.3) is 0 Å². The van der Waals surface area contributed by atoms with Gasteiger partial charge < -0.3 is 8.46 Å². The first-order chi connectivity index (χ1) is 7.31. The van der Waals surface area contributed by atoms with Crippen LogP contribution in [0.3, 0.4) is 0 Å². The van der Waals surface area contributed by atoms with Gasteiger partial charge >= 0.3 is 0 Å². The second-order valence-corrected chi connectivity index (χ2v) is 23.2. The normalized spacial score (nSPS) is 21.4. The van der Waals surface area contributed by atoms with Gasteiger partial charge in [-0.2, -0.15) is 0 Å². The molecular weight excluding hydrogens is 343 g/mol. The van der Waals surface area contributed by atoms with Gasteiger partial charge in [-0.15, -0.1) is 22.2 Å². The van der Waals surface area contributed by atoms with E-state index in [9.17, 15) is 0 Å². The second kappa shape index (κ2) is 4.53. The van der Waals surface area contributed by atoms with Crippen molar-refractivity contribution in [1.82, 2.24) is 8.46 Å². The molecule has 0 aliphatic carbocycles. The predicted octanol–water partition coefficient (Wildman–Crippen LogP) is 3.84. The van der Waals surface area contributed by atoms with Crippen molar-refractivity contribution in [3.8, 4) is 0 Å². The highest BCUT2D eigenvalue weighted by Crippen LogP contribution is 2.37. The van der Waals surface area contributed by atoms with Gasteiger partial charge in [-0.05, 0) is 39.3 Å². The Kier molecular flexibility index (Phi) is 4.29. The molecule has 9 heteroatoms. The monoisotopic (exact) mass is 360 g/mol. The third-order valence-corrected chi connectivity index (χ3v) is 18.0. The fourth-order valence-corrected chi connectivity index (χ4v) is 24.2. The highest BCUT2D eigenvalue weighted by molar-refractivity contribution is 7.90. The van der Waals surface area contributed by atoms with E-state index in [-0.39, 0.29) is 0 Å². The zero-order chi connectivity index (χ0) is 13.8. The summed E-state index contributed by atoms with van der Waals surface area (Å²) in [6, 6.07) is 0. The summed E-state index contributed by atoms with van der Waals surface area (Å²) in [5.74, 6) is 0. The number of thiocarbonyl (C=S) groups is 2. The number of hydrogen-bond acceptors (Lipinski definition) is 2.